The number of pyridine rings is 1. The minimum atomic E-state index is 0.279. The molecule has 2 N–H and O–H groups in total. The zero-order valence-corrected chi connectivity index (χ0v) is 12.6. The number of anilines is 1. The predicted octanol–water partition coefficient (Wildman–Crippen LogP) is 4.57. The Bertz CT molecular complexity index is 566. The number of rotatable bonds is 6. The minimum Gasteiger partial charge on any atom is -0.508 e. The zero-order valence-electron chi connectivity index (χ0n) is 12.6. The van der Waals surface area contributed by atoms with Crippen molar-refractivity contribution in [1.82, 2.24) is 4.98 Å². The molecular weight excluding hydrogens is 248 g/mol. The van der Waals surface area contributed by atoms with Crippen LogP contribution in [0.5, 0.6) is 5.75 Å². The van der Waals surface area contributed by atoms with Crippen LogP contribution in [0.15, 0.2) is 30.5 Å². The molecule has 2 rings (SSSR count). The number of nitrogens with one attached hydrogen (secondary N) is 1. The summed E-state index contributed by atoms with van der Waals surface area (Å²) in [6.45, 7) is 6.70. The molecule has 1 aromatic carbocycles. The van der Waals surface area contributed by atoms with Crippen LogP contribution in [0.25, 0.3) is 10.8 Å². The Labute approximate surface area is 121 Å². The van der Waals surface area contributed by atoms with Gasteiger partial charge in [-0.15, -0.1) is 0 Å². The summed E-state index contributed by atoms with van der Waals surface area (Å²) in [7, 11) is 0. The summed E-state index contributed by atoms with van der Waals surface area (Å²) in [4.78, 5) is 4.41. The largest absolute Gasteiger partial charge is 0.508 e. The third-order valence-electron chi connectivity index (χ3n) is 3.55. The van der Waals surface area contributed by atoms with E-state index in [0.717, 1.165) is 28.9 Å². The Morgan fingerprint density at radius 2 is 1.95 bits per heavy atom. The van der Waals surface area contributed by atoms with Crippen LogP contribution >= 0.6 is 0 Å². The molecule has 0 aliphatic heterocycles. The molecule has 108 valence electrons. The van der Waals surface area contributed by atoms with Gasteiger partial charge in [0.2, 0.25) is 0 Å². The van der Waals surface area contributed by atoms with Gasteiger partial charge in [-0.2, -0.15) is 0 Å². The Morgan fingerprint density at radius 1 is 1.15 bits per heavy atom. The van der Waals surface area contributed by atoms with Gasteiger partial charge in [0.25, 0.3) is 0 Å². The van der Waals surface area contributed by atoms with Crippen molar-refractivity contribution < 1.29 is 5.11 Å². The van der Waals surface area contributed by atoms with Crippen molar-refractivity contribution in [2.24, 2.45) is 5.92 Å². The smallest absolute Gasteiger partial charge is 0.134 e. The molecular formula is C17H24N2O. The van der Waals surface area contributed by atoms with Crippen molar-refractivity contribution in [2.75, 3.05) is 5.32 Å². The van der Waals surface area contributed by atoms with Crippen molar-refractivity contribution in [1.29, 1.82) is 0 Å². The number of hydrogen-bond donors (Lipinski definition) is 2. The Balaban J connectivity index is 2.07. The van der Waals surface area contributed by atoms with Crippen molar-refractivity contribution in [3.8, 4) is 5.75 Å². The summed E-state index contributed by atoms with van der Waals surface area (Å²) in [5.74, 6) is 1.89. The summed E-state index contributed by atoms with van der Waals surface area (Å²) < 4.78 is 0. The van der Waals surface area contributed by atoms with Gasteiger partial charge >= 0.3 is 0 Å². The average Bonchev–Trinajstić information content (AvgIpc) is 2.39. The molecule has 20 heavy (non-hydrogen) atoms. The molecule has 1 unspecified atom stereocenters. The highest BCUT2D eigenvalue weighted by Gasteiger charge is 2.07. The van der Waals surface area contributed by atoms with E-state index in [0.29, 0.717) is 6.04 Å². The van der Waals surface area contributed by atoms with Crippen molar-refractivity contribution >= 4 is 16.6 Å². The summed E-state index contributed by atoms with van der Waals surface area (Å²) in [6.07, 6.45) is 5.43. The molecule has 0 bridgehead atoms. The van der Waals surface area contributed by atoms with Gasteiger partial charge in [0, 0.05) is 17.6 Å². The standard InChI is InChI=1S/C17H24N2O/c1-12(2)5-4-6-13(3)19-17-16-11-15(20)8-7-14(16)9-10-18-17/h7-13,20H,4-6H2,1-3H3,(H,18,19). The SMILES string of the molecule is CC(C)CCCC(C)Nc1nccc2ccc(O)cc12. The number of fused-ring (bicyclic) bond motifs is 1. The predicted molar refractivity (Wildman–Crippen MR) is 85.2 cm³/mol. The number of hydrogen-bond acceptors (Lipinski definition) is 3. The molecule has 0 fully saturated rings. The van der Waals surface area contributed by atoms with Crippen LogP contribution in [0.2, 0.25) is 0 Å². The van der Waals surface area contributed by atoms with Crippen LogP contribution in [-0.4, -0.2) is 16.1 Å². The van der Waals surface area contributed by atoms with Crippen molar-refractivity contribution in [3.63, 3.8) is 0 Å². The van der Waals surface area contributed by atoms with Gasteiger partial charge in [-0.05, 0) is 42.8 Å². The van der Waals surface area contributed by atoms with Gasteiger partial charge in [-0.25, -0.2) is 4.98 Å². The van der Waals surface area contributed by atoms with E-state index in [4.69, 9.17) is 0 Å². The van der Waals surface area contributed by atoms with E-state index in [1.807, 2.05) is 18.3 Å². The first-order chi connectivity index (χ1) is 9.56. The highest BCUT2D eigenvalue weighted by atomic mass is 16.3. The zero-order chi connectivity index (χ0) is 14.5. The molecule has 3 nitrogen and oxygen atoms in total. The Kier molecular flexibility index (Phi) is 4.83. The van der Waals surface area contributed by atoms with E-state index in [1.165, 1.54) is 12.8 Å². The second-order valence-corrected chi connectivity index (χ2v) is 5.94. The lowest BCUT2D eigenvalue weighted by atomic mass is 10.0. The number of aromatic hydroxyl groups is 1. The van der Waals surface area contributed by atoms with Gasteiger partial charge in [0.1, 0.15) is 11.6 Å². The van der Waals surface area contributed by atoms with Crippen molar-refractivity contribution in [2.45, 2.75) is 46.1 Å². The molecule has 0 aliphatic rings. The van der Waals surface area contributed by atoms with Gasteiger partial charge in [-0.3, -0.25) is 0 Å². The summed E-state index contributed by atoms with van der Waals surface area (Å²) >= 11 is 0. The molecule has 1 atom stereocenters. The number of nitrogens with zero attached hydrogens (tertiary/aromatic N) is 1. The van der Waals surface area contributed by atoms with Crippen LogP contribution in [0.4, 0.5) is 5.82 Å². The first-order valence-electron chi connectivity index (χ1n) is 7.40. The lowest BCUT2D eigenvalue weighted by Gasteiger charge is -2.16. The maximum atomic E-state index is 9.64. The van der Waals surface area contributed by atoms with E-state index in [2.05, 4.69) is 31.1 Å². The Hall–Kier alpha value is -1.77. The molecule has 1 aromatic heterocycles. The van der Waals surface area contributed by atoms with E-state index in [9.17, 15) is 5.11 Å². The second kappa shape index (κ2) is 6.60. The first kappa shape index (κ1) is 14.6. The normalized spacial score (nSPS) is 12.8. The second-order valence-electron chi connectivity index (χ2n) is 5.94. The van der Waals surface area contributed by atoms with Gasteiger partial charge in [0.15, 0.2) is 0 Å². The number of phenolic OH excluding ortho intramolecular Hbond substituents is 1. The van der Waals surface area contributed by atoms with E-state index < -0.39 is 0 Å². The highest BCUT2D eigenvalue weighted by Crippen LogP contribution is 2.26. The average molecular weight is 272 g/mol. The molecule has 0 spiro atoms. The molecule has 0 amide bonds. The van der Waals surface area contributed by atoms with E-state index in [1.54, 1.807) is 12.1 Å². The lowest BCUT2D eigenvalue weighted by molar-refractivity contribution is 0.476. The molecule has 1 heterocycles. The Morgan fingerprint density at radius 3 is 2.70 bits per heavy atom. The number of benzene rings is 1. The quantitative estimate of drug-likeness (QED) is 0.809. The fourth-order valence-corrected chi connectivity index (χ4v) is 2.41. The molecule has 3 heteroatoms. The fraction of sp³-hybridized carbons (Fsp3) is 0.471. The lowest BCUT2D eigenvalue weighted by Crippen LogP contribution is -2.16. The molecule has 0 saturated carbocycles. The molecule has 0 radical (unpaired) electrons. The maximum absolute atomic E-state index is 9.64. The van der Waals surface area contributed by atoms with Gasteiger partial charge in [0.05, 0.1) is 0 Å². The minimum absolute atomic E-state index is 0.279. The van der Waals surface area contributed by atoms with E-state index >= 15 is 0 Å². The fourth-order valence-electron chi connectivity index (χ4n) is 2.41. The van der Waals surface area contributed by atoms with Crippen LogP contribution in [0.1, 0.15) is 40.0 Å². The number of phenols is 1. The van der Waals surface area contributed by atoms with Crippen LogP contribution in [0, 0.1) is 5.92 Å². The number of aromatic nitrogens is 1. The van der Waals surface area contributed by atoms with Gasteiger partial charge < -0.3 is 10.4 Å². The summed E-state index contributed by atoms with van der Waals surface area (Å²) in [5, 5.41) is 15.2. The molecule has 2 aromatic rings. The van der Waals surface area contributed by atoms with Crippen LogP contribution in [0.3, 0.4) is 0 Å². The summed E-state index contributed by atoms with van der Waals surface area (Å²) in [5.41, 5.74) is 0. The van der Waals surface area contributed by atoms with Crippen LogP contribution < -0.4 is 5.32 Å². The van der Waals surface area contributed by atoms with Crippen molar-refractivity contribution in [3.05, 3.63) is 30.5 Å². The maximum Gasteiger partial charge on any atom is 0.134 e. The van der Waals surface area contributed by atoms with Gasteiger partial charge in [-0.1, -0.05) is 32.8 Å². The highest BCUT2D eigenvalue weighted by molar-refractivity contribution is 5.92. The molecule has 0 saturated heterocycles. The monoisotopic (exact) mass is 272 g/mol. The first-order valence-corrected chi connectivity index (χ1v) is 7.40. The third-order valence-corrected chi connectivity index (χ3v) is 3.55. The van der Waals surface area contributed by atoms with E-state index in [-0.39, 0.29) is 5.75 Å². The third kappa shape index (κ3) is 3.86. The topological polar surface area (TPSA) is 45.2 Å². The summed E-state index contributed by atoms with van der Waals surface area (Å²) in [6, 6.07) is 7.74. The molecule has 0 aliphatic carbocycles. The van der Waals surface area contributed by atoms with Crippen LogP contribution in [-0.2, 0) is 0 Å².